The quantitative estimate of drug-likeness (QED) is 0.737. The van der Waals surface area contributed by atoms with Crippen LogP contribution >= 0.6 is 23.2 Å². The summed E-state index contributed by atoms with van der Waals surface area (Å²) in [6.07, 6.45) is 0. The fourth-order valence-corrected chi connectivity index (χ4v) is 2.55. The Labute approximate surface area is 120 Å². The van der Waals surface area contributed by atoms with Crippen molar-refractivity contribution in [3.63, 3.8) is 0 Å². The van der Waals surface area contributed by atoms with Crippen LogP contribution in [0, 0.1) is 0 Å². The van der Waals surface area contributed by atoms with Gasteiger partial charge in [0.15, 0.2) is 0 Å². The number of hydrogen-bond acceptors (Lipinski definition) is 2. The normalized spacial score (nSPS) is 12.8. The van der Waals surface area contributed by atoms with Crippen LogP contribution in [0.25, 0.3) is 11.0 Å². The first-order chi connectivity index (χ1) is 9.16. The van der Waals surface area contributed by atoms with Crippen molar-refractivity contribution in [2.24, 2.45) is 5.73 Å². The van der Waals surface area contributed by atoms with Crippen LogP contribution in [-0.4, -0.2) is 0 Å². The maximum absolute atomic E-state index is 6.21. The fourth-order valence-electron chi connectivity index (χ4n) is 2.08. The van der Waals surface area contributed by atoms with Crippen molar-refractivity contribution in [1.82, 2.24) is 0 Å². The molecule has 2 N–H and O–H groups in total. The summed E-state index contributed by atoms with van der Waals surface area (Å²) < 4.78 is 5.75. The minimum Gasteiger partial charge on any atom is -0.459 e. The predicted molar refractivity (Wildman–Crippen MR) is 78.7 cm³/mol. The summed E-state index contributed by atoms with van der Waals surface area (Å²) in [6.45, 7) is 0. The van der Waals surface area contributed by atoms with Crippen LogP contribution in [0.3, 0.4) is 0 Å². The monoisotopic (exact) mass is 291 g/mol. The molecule has 0 bridgehead atoms. The summed E-state index contributed by atoms with van der Waals surface area (Å²) in [6, 6.07) is 14.5. The van der Waals surface area contributed by atoms with Crippen molar-refractivity contribution in [1.29, 1.82) is 0 Å². The molecule has 1 atom stereocenters. The van der Waals surface area contributed by atoms with Gasteiger partial charge < -0.3 is 10.2 Å². The number of fused-ring (bicyclic) bond motifs is 1. The Morgan fingerprint density at radius 3 is 2.42 bits per heavy atom. The van der Waals surface area contributed by atoms with Crippen LogP contribution < -0.4 is 5.73 Å². The lowest BCUT2D eigenvalue weighted by Crippen LogP contribution is -2.11. The molecule has 19 heavy (non-hydrogen) atoms. The third-order valence-electron chi connectivity index (χ3n) is 3.07. The van der Waals surface area contributed by atoms with E-state index in [0.29, 0.717) is 15.8 Å². The zero-order valence-corrected chi connectivity index (χ0v) is 11.4. The van der Waals surface area contributed by atoms with Crippen LogP contribution in [0.5, 0.6) is 0 Å². The van der Waals surface area contributed by atoms with Gasteiger partial charge in [0.05, 0.1) is 11.1 Å². The second-order valence-corrected chi connectivity index (χ2v) is 5.11. The third kappa shape index (κ3) is 2.23. The standard InChI is InChI=1S/C15H11Cl2NO/c16-11-5-2-1-4-9(11)15(18)14-8-10-12(17)6-3-7-13(10)19-14/h1-8,15H,18H2. The van der Waals surface area contributed by atoms with Crippen LogP contribution in [0.2, 0.25) is 10.0 Å². The fraction of sp³-hybridized carbons (Fsp3) is 0.0667. The highest BCUT2D eigenvalue weighted by Gasteiger charge is 2.17. The molecule has 0 saturated heterocycles. The van der Waals surface area contributed by atoms with Crippen molar-refractivity contribution in [2.45, 2.75) is 6.04 Å². The maximum Gasteiger partial charge on any atom is 0.135 e. The molecule has 1 unspecified atom stereocenters. The summed E-state index contributed by atoms with van der Waals surface area (Å²) in [4.78, 5) is 0. The van der Waals surface area contributed by atoms with Gasteiger partial charge in [-0.05, 0) is 29.8 Å². The highest BCUT2D eigenvalue weighted by atomic mass is 35.5. The molecule has 1 heterocycles. The average molecular weight is 292 g/mol. The molecule has 0 saturated carbocycles. The molecule has 0 aliphatic rings. The molecule has 3 aromatic rings. The molecule has 2 nitrogen and oxygen atoms in total. The van der Waals surface area contributed by atoms with E-state index in [1.54, 1.807) is 0 Å². The van der Waals surface area contributed by atoms with E-state index in [2.05, 4.69) is 0 Å². The first kappa shape index (κ1) is 12.5. The largest absolute Gasteiger partial charge is 0.459 e. The number of hydrogen-bond donors (Lipinski definition) is 1. The molecule has 0 spiro atoms. The van der Waals surface area contributed by atoms with Gasteiger partial charge in [0.2, 0.25) is 0 Å². The Morgan fingerprint density at radius 2 is 1.68 bits per heavy atom. The molecule has 2 aromatic carbocycles. The molecule has 1 aromatic heterocycles. The van der Waals surface area contributed by atoms with Crippen molar-refractivity contribution >= 4 is 34.2 Å². The topological polar surface area (TPSA) is 39.2 Å². The van der Waals surface area contributed by atoms with Gasteiger partial charge in [0.1, 0.15) is 11.3 Å². The number of halogens is 2. The van der Waals surface area contributed by atoms with Gasteiger partial charge in [-0.15, -0.1) is 0 Å². The molecule has 3 rings (SSSR count). The van der Waals surface area contributed by atoms with Gasteiger partial charge in [-0.1, -0.05) is 47.5 Å². The van der Waals surface area contributed by atoms with Gasteiger partial charge >= 0.3 is 0 Å². The second-order valence-electron chi connectivity index (χ2n) is 4.30. The van der Waals surface area contributed by atoms with E-state index in [0.717, 1.165) is 16.5 Å². The van der Waals surface area contributed by atoms with Gasteiger partial charge in [-0.25, -0.2) is 0 Å². The Bertz CT molecular complexity index is 736. The predicted octanol–water partition coefficient (Wildman–Crippen LogP) is 4.79. The Kier molecular flexibility index (Phi) is 3.23. The lowest BCUT2D eigenvalue weighted by molar-refractivity contribution is 0.525. The molecule has 0 aliphatic heterocycles. The van der Waals surface area contributed by atoms with Gasteiger partial charge in [0, 0.05) is 10.4 Å². The summed E-state index contributed by atoms with van der Waals surface area (Å²) in [7, 11) is 0. The lowest BCUT2D eigenvalue weighted by Gasteiger charge is -2.10. The highest BCUT2D eigenvalue weighted by Crippen LogP contribution is 2.32. The van der Waals surface area contributed by atoms with Crippen molar-refractivity contribution in [3.8, 4) is 0 Å². The van der Waals surface area contributed by atoms with Crippen LogP contribution in [0.4, 0.5) is 0 Å². The Balaban J connectivity index is 2.10. The molecule has 4 heteroatoms. The van der Waals surface area contributed by atoms with E-state index in [1.165, 1.54) is 0 Å². The lowest BCUT2D eigenvalue weighted by atomic mass is 10.1. The zero-order chi connectivity index (χ0) is 13.4. The zero-order valence-electron chi connectivity index (χ0n) is 9.94. The summed E-state index contributed by atoms with van der Waals surface area (Å²) in [5.74, 6) is 0.649. The Morgan fingerprint density at radius 1 is 0.947 bits per heavy atom. The van der Waals surface area contributed by atoms with E-state index < -0.39 is 6.04 Å². The van der Waals surface area contributed by atoms with Crippen LogP contribution in [0.1, 0.15) is 17.4 Å². The van der Waals surface area contributed by atoms with Gasteiger partial charge in [0.25, 0.3) is 0 Å². The molecular formula is C15H11Cl2NO. The van der Waals surface area contributed by atoms with E-state index in [4.69, 9.17) is 33.4 Å². The molecule has 96 valence electrons. The minimum absolute atomic E-state index is 0.405. The molecular weight excluding hydrogens is 281 g/mol. The van der Waals surface area contributed by atoms with E-state index in [9.17, 15) is 0 Å². The van der Waals surface area contributed by atoms with Crippen molar-refractivity contribution in [3.05, 3.63) is 69.9 Å². The summed E-state index contributed by atoms with van der Waals surface area (Å²) in [5, 5.41) is 2.14. The number of rotatable bonds is 2. The van der Waals surface area contributed by atoms with Crippen LogP contribution in [-0.2, 0) is 0 Å². The van der Waals surface area contributed by atoms with Crippen molar-refractivity contribution < 1.29 is 4.42 Å². The number of nitrogens with two attached hydrogens (primary N) is 1. The maximum atomic E-state index is 6.21. The molecule has 0 amide bonds. The molecule has 0 aliphatic carbocycles. The third-order valence-corrected chi connectivity index (χ3v) is 3.75. The highest BCUT2D eigenvalue weighted by molar-refractivity contribution is 6.35. The molecule has 0 fully saturated rings. The van der Waals surface area contributed by atoms with Gasteiger partial charge in [-0.3, -0.25) is 0 Å². The SMILES string of the molecule is NC(c1cc2c(Cl)cccc2o1)c1ccccc1Cl. The smallest absolute Gasteiger partial charge is 0.135 e. The number of benzene rings is 2. The average Bonchev–Trinajstić information content (AvgIpc) is 2.84. The number of furan rings is 1. The first-order valence-electron chi connectivity index (χ1n) is 5.85. The minimum atomic E-state index is -0.405. The van der Waals surface area contributed by atoms with E-state index >= 15 is 0 Å². The summed E-state index contributed by atoms with van der Waals surface area (Å²) >= 11 is 12.3. The van der Waals surface area contributed by atoms with Crippen molar-refractivity contribution in [2.75, 3.05) is 0 Å². The second kappa shape index (κ2) is 4.89. The van der Waals surface area contributed by atoms with Crippen LogP contribution in [0.15, 0.2) is 52.9 Å². The summed E-state index contributed by atoms with van der Waals surface area (Å²) in [5.41, 5.74) is 7.77. The molecule has 0 radical (unpaired) electrons. The van der Waals surface area contributed by atoms with E-state index in [-0.39, 0.29) is 0 Å². The van der Waals surface area contributed by atoms with Gasteiger partial charge in [-0.2, -0.15) is 0 Å². The Hall–Kier alpha value is -1.48. The van der Waals surface area contributed by atoms with E-state index in [1.807, 2.05) is 48.5 Å². The first-order valence-corrected chi connectivity index (χ1v) is 6.60.